The van der Waals surface area contributed by atoms with E-state index in [9.17, 15) is 18.0 Å². The highest BCUT2D eigenvalue weighted by Crippen LogP contribution is 2.28. The van der Waals surface area contributed by atoms with Crippen molar-refractivity contribution in [3.8, 4) is 0 Å². The third-order valence-electron chi connectivity index (χ3n) is 4.93. The molecule has 2 aliphatic rings. The maximum Gasteiger partial charge on any atom is 0.240 e. The quantitative estimate of drug-likeness (QED) is 0.732. The van der Waals surface area contributed by atoms with Crippen LogP contribution in [0.3, 0.4) is 0 Å². The van der Waals surface area contributed by atoms with Crippen LogP contribution in [0.4, 0.5) is 11.4 Å². The van der Waals surface area contributed by atoms with Crippen LogP contribution in [0.2, 0.25) is 5.02 Å². The second-order valence-electron chi connectivity index (χ2n) is 7.30. The first-order chi connectivity index (χ1) is 13.8. The average molecular weight is 434 g/mol. The molecule has 1 saturated heterocycles. The highest BCUT2D eigenvalue weighted by Gasteiger charge is 2.35. The molecule has 0 bridgehead atoms. The van der Waals surface area contributed by atoms with Gasteiger partial charge in [0.15, 0.2) is 0 Å². The third-order valence-corrected chi connectivity index (χ3v) is 6.68. The van der Waals surface area contributed by atoms with Crippen LogP contribution in [-0.2, 0) is 19.6 Å². The molecule has 152 valence electrons. The van der Waals surface area contributed by atoms with E-state index in [1.165, 1.54) is 17.0 Å². The van der Waals surface area contributed by atoms with Gasteiger partial charge in [0.2, 0.25) is 21.8 Å². The molecule has 1 heterocycles. The van der Waals surface area contributed by atoms with E-state index in [2.05, 4.69) is 10.0 Å². The number of amides is 2. The first-order valence-electron chi connectivity index (χ1n) is 9.31. The predicted octanol–water partition coefficient (Wildman–Crippen LogP) is 2.77. The molecular weight excluding hydrogens is 414 g/mol. The van der Waals surface area contributed by atoms with Gasteiger partial charge in [0.1, 0.15) is 0 Å². The summed E-state index contributed by atoms with van der Waals surface area (Å²) in [5.41, 5.74) is 1.03. The molecule has 1 unspecified atom stereocenters. The van der Waals surface area contributed by atoms with Crippen LogP contribution in [0, 0.1) is 5.92 Å². The fourth-order valence-electron chi connectivity index (χ4n) is 3.25. The zero-order valence-electron chi connectivity index (χ0n) is 15.5. The van der Waals surface area contributed by atoms with Crippen LogP contribution in [0.15, 0.2) is 53.4 Å². The van der Waals surface area contributed by atoms with Gasteiger partial charge >= 0.3 is 0 Å². The van der Waals surface area contributed by atoms with Gasteiger partial charge in [0.25, 0.3) is 0 Å². The van der Waals surface area contributed by atoms with Crippen molar-refractivity contribution in [1.29, 1.82) is 0 Å². The Morgan fingerprint density at radius 3 is 2.59 bits per heavy atom. The summed E-state index contributed by atoms with van der Waals surface area (Å²) < 4.78 is 27.3. The summed E-state index contributed by atoms with van der Waals surface area (Å²) in [6, 6.07) is 13.0. The number of halogens is 1. The lowest BCUT2D eigenvalue weighted by atomic mass is 10.1. The molecule has 2 aromatic rings. The Kier molecular flexibility index (Phi) is 5.33. The average Bonchev–Trinajstić information content (AvgIpc) is 3.39. The van der Waals surface area contributed by atoms with Gasteiger partial charge in [-0.3, -0.25) is 9.59 Å². The fraction of sp³-hybridized carbons (Fsp3) is 0.300. The highest BCUT2D eigenvalue weighted by atomic mass is 35.5. The Morgan fingerprint density at radius 1 is 1.10 bits per heavy atom. The molecule has 0 radical (unpaired) electrons. The van der Waals surface area contributed by atoms with Crippen molar-refractivity contribution in [3.05, 3.63) is 53.6 Å². The first kappa shape index (κ1) is 19.9. The maximum atomic E-state index is 12.7. The molecule has 1 aliphatic carbocycles. The van der Waals surface area contributed by atoms with E-state index >= 15 is 0 Å². The predicted molar refractivity (Wildman–Crippen MR) is 110 cm³/mol. The van der Waals surface area contributed by atoms with Crippen LogP contribution in [0.1, 0.15) is 19.3 Å². The van der Waals surface area contributed by atoms with Gasteiger partial charge in [-0.25, -0.2) is 13.1 Å². The number of rotatable bonds is 6. The van der Waals surface area contributed by atoms with Crippen molar-refractivity contribution in [2.75, 3.05) is 16.8 Å². The van der Waals surface area contributed by atoms with E-state index in [1.54, 1.807) is 36.4 Å². The largest absolute Gasteiger partial charge is 0.326 e. The molecular formula is C20H20ClN3O4S. The normalized spacial score (nSPS) is 19.4. The number of benzene rings is 2. The number of anilines is 2. The van der Waals surface area contributed by atoms with Gasteiger partial charge in [-0.15, -0.1) is 0 Å². The van der Waals surface area contributed by atoms with E-state index in [0.717, 1.165) is 12.8 Å². The summed E-state index contributed by atoms with van der Waals surface area (Å²) >= 11 is 5.99. The van der Waals surface area contributed by atoms with Gasteiger partial charge in [-0.2, -0.15) is 0 Å². The molecule has 1 aliphatic heterocycles. The summed E-state index contributed by atoms with van der Waals surface area (Å²) in [5, 5.41) is 3.25. The number of nitrogens with zero attached hydrogens (tertiary/aromatic N) is 1. The molecule has 2 N–H and O–H groups in total. The number of hydrogen-bond donors (Lipinski definition) is 2. The maximum absolute atomic E-state index is 12.7. The van der Waals surface area contributed by atoms with E-state index in [-0.39, 0.29) is 35.7 Å². The topological polar surface area (TPSA) is 95.6 Å². The summed E-state index contributed by atoms with van der Waals surface area (Å²) in [4.78, 5) is 26.7. The van der Waals surface area contributed by atoms with Gasteiger partial charge < -0.3 is 10.2 Å². The zero-order chi connectivity index (χ0) is 20.6. The van der Waals surface area contributed by atoms with Crippen molar-refractivity contribution in [1.82, 2.24) is 4.72 Å². The molecule has 1 atom stereocenters. The Labute approximate surface area is 174 Å². The van der Waals surface area contributed by atoms with Crippen molar-refractivity contribution < 1.29 is 18.0 Å². The lowest BCUT2D eigenvalue weighted by Crippen LogP contribution is -2.28. The van der Waals surface area contributed by atoms with E-state index < -0.39 is 15.9 Å². The number of carbonyl (C=O) groups is 2. The van der Waals surface area contributed by atoms with Crippen LogP contribution >= 0.6 is 11.6 Å². The fourth-order valence-corrected chi connectivity index (χ4v) is 4.79. The lowest BCUT2D eigenvalue weighted by molar-refractivity contribution is -0.122. The van der Waals surface area contributed by atoms with E-state index in [1.807, 2.05) is 0 Å². The van der Waals surface area contributed by atoms with Crippen LogP contribution < -0.4 is 14.9 Å². The minimum atomic E-state index is -3.61. The summed E-state index contributed by atoms with van der Waals surface area (Å²) in [6.07, 6.45) is 1.77. The van der Waals surface area contributed by atoms with Gasteiger partial charge in [-0.1, -0.05) is 23.7 Å². The summed E-state index contributed by atoms with van der Waals surface area (Å²) in [5.74, 6) is -1.02. The Bertz CT molecular complexity index is 1070. The van der Waals surface area contributed by atoms with Crippen molar-refractivity contribution in [2.24, 2.45) is 5.92 Å². The first-order valence-corrected chi connectivity index (χ1v) is 11.2. The molecule has 7 nitrogen and oxygen atoms in total. The van der Waals surface area contributed by atoms with E-state index in [0.29, 0.717) is 16.4 Å². The number of carbonyl (C=O) groups excluding carboxylic acids is 2. The lowest BCUT2D eigenvalue weighted by Gasteiger charge is -2.17. The third kappa shape index (κ3) is 4.60. The monoisotopic (exact) mass is 433 g/mol. The van der Waals surface area contributed by atoms with Gasteiger partial charge in [0.05, 0.1) is 10.8 Å². The van der Waals surface area contributed by atoms with E-state index in [4.69, 9.17) is 11.6 Å². The van der Waals surface area contributed by atoms with Crippen LogP contribution in [-0.4, -0.2) is 32.8 Å². The standard InChI is InChI=1S/C20H20ClN3O4S/c21-14-3-1-5-17(10-14)24-12-13(9-19(24)25)20(26)22-16-4-2-6-18(11-16)29(27,28)23-15-7-8-15/h1-6,10-11,13,15,23H,7-9,12H2,(H,22,26). The molecule has 2 fully saturated rings. The number of nitrogens with one attached hydrogen (secondary N) is 2. The van der Waals surface area contributed by atoms with Crippen molar-refractivity contribution in [2.45, 2.75) is 30.2 Å². The summed E-state index contributed by atoms with van der Waals surface area (Å²) in [6.45, 7) is 0.242. The number of sulfonamides is 1. The molecule has 2 amide bonds. The SMILES string of the molecule is O=C(Nc1cccc(S(=O)(=O)NC2CC2)c1)C1CC(=O)N(c2cccc(Cl)c2)C1. The molecule has 1 saturated carbocycles. The van der Waals surface area contributed by atoms with Crippen molar-refractivity contribution in [3.63, 3.8) is 0 Å². The van der Waals surface area contributed by atoms with Crippen LogP contribution in [0.25, 0.3) is 0 Å². The smallest absolute Gasteiger partial charge is 0.240 e. The van der Waals surface area contributed by atoms with Gasteiger partial charge in [-0.05, 0) is 49.2 Å². The second kappa shape index (κ2) is 7.78. The van der Waals surface area contributed by atoms with Gasteiger partial charge in [0, 0.05) is 35.4 Å². The zero-order valence-corrected chi connectivity index (χ0v) is 17.0. The minimum absolute atomic E-state index is 0.000205. The molecule has 2 aromatic carbocycles. The second-order valence-corrected chi connectivity index (χ2v) is 9.45. The highest BCUT2D eigenvalue weighted by molar-refractivity contribution is 7.89. The summed E-state index contributed by atoms with van der Waals surface area (Å²) in [7, 11) is -3.61. The molecule has 4 rings (SSSR count). The Balaban J connectivity index is 1.44. The van der Waals surface area contributed by atoms with Crippen molar-refractivity contribution >= 4 is 44.8 Å². The molecule has 0 spiro atoms. The van der Waals surface area contributed by atoms with Crippen LogP contribution in [0.5, 0.6) is 0 Å². The Hall–Kier alpha value is -2.42. The molecule has 29 heavy (non-hydrogen) atoms. The molecule has 9 heteroatoms. The minimum Gasteiger partial charge on any atom is -0.326 e. The molecule has 0 aromatic heterocycles. The Morgan fingerprint density at radius 2 is 1.86 bits per heavy atom. The number of hydrogen-bond acceptors (Lipinski definition) is 4.